The van der Waals surface area contributed by atoms with Crippen LogP contribution in [-0.4, -0.2) is 35.1 Å². The van der Waals surface area contributed by atoms with Crippen LogP contribution in [0.5, 0.6) is 0 Å². The molecule has 1 fully saturated rings. The smallest absolute Gasteiger partial charge is 0.254 e. The van der Waals surface area contributed by atoms with E-state index >= 15 is 0 Å². The van der Waals surface area contributed by atoms with Gasteiger partial charge in [0, 0.05) is 12.1 Å². The van der Waals surface area contributed by atoms with Gasteiger partial charge < -0.3 is 10.0 Å². The summed E-state index contributed by atoms with van der Waals surface area (Å²) in [6.07, 6.45) is 1.90. The number of carbonyl (C=O) groups is 1. The normalized spacial score (nSPS) is 20.1. The molecule has 1 heterocycles. The topological polar surface area (TPSA) is 40.5 Å². The van der Waals surface area contributed by atoms with E-state index in [1.165, 1.54) is 0 Å². The van der Waals surface area contributed by atoms with Gasteiger partial charge in [-0.05, 0) is 31.4 Å². The van der Waals surface area contributed by atoms with Crippen molar-refractivity contribution in [1.29, 1.82) is 0 Å². The Labute approximate surface area is 95.7 Å². The number of hydrogen-bond donors (Lipinski definition) is 1. The van der Waals surface area contributed by atoms with Gasteiger partial charge in [0.15, 0.2) is 0 Å². The fraction of sp³-hybridized carbons (Fsp3) is 0.462. The van der Waals surface area contributed by atoms with Crippen LogP contribution in [0.15, 0.2) is 24.3 Å². The number of aliphatic hydroxyl groups excluding tert-OH is 1. The third-order valence-corrected chi connectivity index (χ3v) is 3.22. The minimum Gasteiger partial charge on any atom is -0.394 e. The van der Waals surface area contributed by atoms with Gasteiger partial charge >= 0.3 is 0 Å². The van der Waals surface area contributed by atoms with E-state index < -0.39 is 0 Å². The van der Waals surface area contributed by atoms with E-state index in [4.69, 9.17) is 0 Å². The molecule has 0 spiro atoms. The first-order valence-electron chi connectivity index (χ1n) is 5.71. The van der Waals surface area contributed by atoms with Crippen LogP contribution in [0.2, 0.25) is 0 Å². The summed E-state index contributed by atoms with van der Waals surface area (Å²) in [5.74, 6) is 0.0506. The lowest BCUT2D eigenvalue weighted by Gasteiger charge is -2.23. The Morgan fingerprint density at radius 3 is 2.94 bits per heavy atom. The standard InChI is InChI=1S/C13H17NO2/c1-10-5-2-3-7-12(10)13(16)14-8-4-6-11(14)9-15/h2-3,5,7,11,15H,4,6,8-9H2,1H3/t11-/m0/s1. The number of benzene rings is 1. The molecule has 3 heteroatoms. The minimum absolute atomic E-state index is 0.00658. The molecule has 0 aromatic heterocycles. The fourth-order valence-electron chi connectivity index (χ4n) is 2.26. The van der Waals surface area contributed by atoms with Gasteiger partial charge in [-0.15, -0.1) is 0 Å². The van der Waals surface area contributed by atoms with E-state index in [1.54, 1.807) is 4.90 Å². The summed E-state index contributed by atoms with van der Waals surface area (Å²) in [4.78, 5) is 14.0. The Kier molecular flexibility index (Phi) is 3.25. The van der Waals surface area contributed by atoms with Crippen LogP contribution in [0.25, 0.3) is 0 Å². The summed E-state index contributed by atoms with van der Waals surface area (Å²) in [6, 6.07) is 7.61. The van der Waals surface area contributed by atoms with E-state index in [0.717, 1.165) is 30.5 Å². The highest BCUT2D eigenvalue weighted by Gasteiger charge is 2.29. The molecule has 1 aliphatic heterocycles. The van der Waals surface area contributed by atoms with Crippen molar-refractivity contribution in [2.45, 2.75) is 25.8 Å². The van der Waals surface area contributed by atoms with Crippen LogP contribution in [-0.2, 0) is 0 Å². The molecule has 1 saturated heterocycles. The summed E-state index contributed by atoms with van der Waals surface area (Å²) in [5, 5.41) is 9.21. The number of hydrogen-bond acceptors (Lipinski definition) is 2. The Morgan fingerprint density at radius 1 is 1.50 bits per heavy atom. The molecule has 1 N–H and O–H groups in total. The van der Waals surface area contributed by atoms with Gasteiger partial charge in [-0.25, -0.2) is 0 Å². The molecule has 86 valence electrons. The Balaban J connectivity index is 2.22. The second-order valence-electron chi connectivity index (χ2n) is 4.29. The van der Waals surface area contributed by atoms with Crippen molar-refractivity contribution in [2.24, 2.45) is 0 Å². The summed E-state index contributed by atoms with van der Waals surface area (Å²) in [5.41, 5.74) is 1.75. The summed E-state index contributed by atoms with van der Waals surface area (Å²) in [6.45, 7) is 2.77. The number of likely N-dealkylation sites (tertiary alicyclic amines) is 1. The van der Waals surface area contributed by atoms with E-state index in [1.807, 2.05) is 31.2 Å². The van der Waals surface area contributed by atoms with Crippen molar-refractivity contribution in [3.8, 4) is 0 Å². The van der Waals surface area contributed by atoms with Gasteiger partial charge in [0.1, 0.15) is 0 Å². The highest BCUT2D eigenvalue weighted by molar-refractivity contribution is 5.96. The maximum absolute atomic E-state index is 12.3. The fourth-order valence-corrected chi connectivity index (χ4v) is 2.26. The summed E-state index contributed by atoms with van der Waals surface area (Å²) in [7, 11) is 0. The van der Waals surface area contributed by atoms with Crippen molar-refractivity contribution >= 4 is 5.91 Å². The summed E-state index contributed by atoms with van der Waals surface area (Å²) < 4.78 is 0. The van der Waals surface area contributed by atoms with Gasteiger partial charge in [-0.1, -0.05) is 18.2 Å². The van der Waals surface area contributed by atoms with Crippen LogP contribution in [0.3, 0.4) is 0 Å². The molecule has 16 heavy (non-hydrogen) atoms. The van der Waals surface area contributed by atoms with Gasteiger partial charge in [0.05, 0.1) is 12.6 Å². The quantitative estimate of drug-likeness (QED) is 0.820. The molecular weight excluding hydrogens is 202 g/mol. The van der Waals surface area contributed by atoms with Crippen molar-refractivity contribution in [1.82, 2.24) is 4.90 Å². The molecular formula is C13H17NO2. The second kappa shape index (κ2) is 4.66. The van der Waals surface area contributed by atoms with Gasteiger partial charge in [-0.3, -0.25) is 4.79 Å². The molecule has 1 amide bonds. The first-order valence-corrected chi connectivity index (χ1v) is 5.71. The maximum Gasteiger partial charge on any atom is 0.254 e. The third-order valence-electron chi connectivity index (χ3n) is 3.22. The number of nitrogens with zero attached hydrogens (tertiary/aromatic N) is 1. The SMILES string of the molecule is Cc1ccccc1C(=O)N1CCC[C@H]1CO. The molecule has 1 atom stereocenters. The van der Waals surface area contributed by atoms with Crippen LogP contribution in [0.1, 0.15) is 28.8 Å². The van der Waals surface area contributed by atoms with Gasteiger partial charge in [-0.2, -0.15) is 0 Å². The molecule has 0 radical (unpaired) electrons. The number of aliphatic hydroxyl groups is 1. The molecule has 0 saturated carbocycles. The Bertz CT molecular complexity index is 389. The number of amides is 1. The van der Waals surface area contributed by atoms with Gasteiger partial charge in [0.25, 0.3) is 5.91 Å². The third kappa shape index (κ3) is 1.95. The van der Waals surface area contributed by atoms with Crippen LogP contribution < -0.4 is 0 Å². The van der Waals surface area contributed by atoms with Crippen LogP contribution in [0.4, 0.5) is 0 Å². The molecule has 2 rings (SSSR count). The van der Waals surface area contributed by atoms with Gasteiger partial charge in [0.2, 0.25) is 0 Å². The average molecular weight is 219 g/mol. The zero-order valence-corrected chi connectivity index (χ0v) is 9.52. The number of aryl methyl sites for hydroxylation is 1. The molecule has 0 unspecified atom stereocenters. The molecule has 1 aromatic rings. The lowest BCUT2D eigenvalue weighted by molar-refractivity contribution is 0.0677. The van der Waals surface area contributed by atoms with Crippen molar-refractivity contribution in [2.75, 3.05) is 13.2 Å². The number of carbonyl (C=O) groups excluding carboxylic acids is 1. The molecule has 1 aromatic carbocycles. The largest absolute Gasteiger partial charge is 0.394 e. The van der Waals surface area contributed by atoms with E-state index in [9.17, 15) is 9.90 Å². The predicted octanol–water partition coefficient (Wildman–Crippen LogP) is 1.59. The first-order chi connectivity index (χ1) is 7.74. The molecule has 0 aliphatic carbocycles. The average Bonchev–Trinajstić information content (AvgIpc) is 2.77. The maximum atomic E-state index is 12.3. The van der Waals surface area contributed by atoms with Crippen molar-refractivity contribution in [3.63, 3.8) is 0 Å². The summed E-state index contributed by atoms with van der Waals surface area (Å²) >= 11 is 0. The van der Waals surface area contributed by atoms with E-state index in [-0.39, 0.29) is 18.6 Å². The lowest BCUT2D eigenvalue weighted by Crippen LogP contribution is -2.37. The zero-order chi connectivity index (χ0) is 11.5. The van der Waals surface area contributed by atoms with Crippen LogP contribution in [0, 0.1) is 6.92 Å². The lowest BCUT2D eigenvalue weighted by atomic mass is 10.1. The highest BCUT2D eigenvalue weighted by atomic mass is 16.3. The van der Waals surface area contributed by atoms with E-state index in [2.05, 4.69) is 0 Å². The predicted molar refractivity (Wildman–Crippen MR) is 62.3 cm³/mol. The Morgan fingerprint density at radius 2 is 2.25 bits per heavy atom. The second-order valence-corrected chi connectivity index (χ2v) is 4.29. The number of rotatable bonds is 2. The molecule has 0 bridgehead atoms. The first kappa shape index (κ1) is 11.1. The molecule has 1 aliphatic rings. The monoisotopic (exact) mass is 219 g/mol. The van der Waals surface area contributed by atoms with Crippen molar-refractivity contribution < 1.29 is 9.90 Å². The minimum atomic E-state index is 0.00658. The van der Waals surface area contributed by atoms with E-state index in [0.29, 0.717) is 0 Å². The van der Waals surface area contributed by atoms with Crippen LogP contribution >= 0.6 is 0 Å². The van der Waals surface area contributed by atoms with Crippen molar-refractivity contribution in [3.05, 3.63) is 35.4 Å². The zero-order valence-electron chi connectivity index (χ0n) is 9.52. The molecule has 3 nitrogen and oxygen atoms in total. The highest BCUT2D eigenvalue weighted by Crippen LogP contribution is 2.20. The Hall–Kier alpha value is -1.35.